The van der Waals surface area contributed by atoms with Gasteiger partial charge in [-0.25, -0.2) is 13.8 Å². The van der Waals surface area contributed by atoms with Crippen LogP contribution in [-0.2, 0) is 6.42 Å². The van der Waals surface area contributed by atoms with Gasteiger partial charge in [0.15, 0.2) is 0 Å². The van der Waals surface area contributed by atoms with Gasteiger partial charge in [-0.2, -0.15) is 5.26 Å². The predicted molar refractivity (Wildman–Crippen MR) is 52.8 cm³/mol. The van der Waals surface area contributed by atoms with Crippen molar-refractivity contribution in [2.75, 3.05) is 7.11 Å². The van der Waals surface area contributed by atoms with E-state index in [1.807, 2.05) is 6.07 Å². The Kier molecular flexibility index (Phi) is 3.97. The van der Waals surface area contributed by atoms with Crippen LogP contribution in [0.15, 0.2) is 10.7 Å². The van der Waals surface area contributed by atoms with E-state index in [4.69, 9.17) is 10.00 Å². The monoisotopic (exact) mass is 276 g/mol. The topological polar surface area (TPSA) is 45.9 Å². The van der Waals surface area contributed by atoms with Crippen LogP contribution in [0, 0.1) is 11.3 Å². The van der Waals surface area contributed by atoms with E-state index in [-0.39, 0.29) is 22.3 Å². The molecule has 0 aliphatic heterocycles. The Hall–Kier alpha value is -1.22. The lowest BCUT2D eigenvalue weighted by atomic mass is 10.2. The summed E-state index contributed by atoms with van der Waals surface area (Å²) in [6, 6.07) is 3.07. The van der Waals surface area contributed by atoms with Crippen LogP contribution >= 0.6 is 15.9 Å². The molecule has 15 heavy (non-hydrogen) atoms. The second kappa shape index (κ2) is 5.03. The Morgan fingerprint density at radius 2 is 2.33 bits per heavy atom. The maximum atomic E-state index is 12.5. The number of pyridine rings is 1. The Labute approximate surface area is 93.8 Å². The summed E-state index contributed by atoms with van der Waals surface area (Å²) >= 11 is 2.92. The highest BCUT2D eigenvalue weighted by molar-refractivity contribution is 9.10. The first kappa shape index (κ1) is 11.9. The minimum absolute atomic E-state index is 0.0191. The van der Waals surface area contributed by atoms with E-state index in [2.05, 4.69) is 20.9 Å². The lowest BCUT2D eigenvalue weighted by Crippen LogP contribution is -1.99. The van der Waals surface area contributed by atoms with Crippen molar-refractivity contribution in [1.29, 1.82) is 5.26 Å². The number of hydrogen-bond donors (Lipinski definition) is 0. The quantitative estimate of drug-likeness (QED) is 0.798. The molecule has 0 unspecified atom stereocenters. The highest BCUT2D eigenvalue weighted by Crippen LogP contribution is 2.31. The summed E-state index contributed by atoms with van der Waals surface area (Å²) in [6.07, 6.45) is -2.61. The van der Waals surface area contributed by atoms with Gasteiger partial charge in [0.25, 0.3) is 6.43 Å². The molecule has 0 aliphatic rings. The van der Waals surface area contributed by atoms with Gasteiger partial charge in [0.05, 0.1) is 30.9 Å². The fourth-order valence-corrected chi connectivity index (χ4v) is 1.56. The van der Waals surface area contributed by atoms with E-state index in [1.54, 1.807) is 0 Å². The van der Waals surface area contributed by atoms with Crippen LogP contribution < -0.4 is 4.74 Å². The normalized spacial score (nSPS) is 10.1. The second-order valence-corrected chi connectivity index (χ2v) is 3.40. The van der Waals surface area contributed by atoms with Gasteiger partial charge in [0, 0.05) is 0 Å². The fourth-order valence-electron chi connectivity index (χ4n) is 1.05. The molecule has 0 spiro atoms. The standard InChI is InChI=1S/C9H7BrF2N2O/c1-15-7-4-5(9(11)12)8(10)14-6(7)2-3-13/h4,9H,2H2,1H3. The molecule has 0 saturated carbocycles. The summed E-state index contributed by atoms with van der Waals surface area (Å²) in [5.41, 5.74) is 0.102. The summed E-state index contributed by atoms with van der Waals surface area (Å²) in [4.78, 5) is 3.84. The molecule has 1 aromatic heterocycles. The average molecular weight is 277 g/mol. The number of nitrogens with zero attached hydrogens (tertiary/aromatic N) is 2. The fraction of sp³-hybridized carbons (Fsp3) is 0.333. The van der Waals surface area contributed by atoms with Crippen molar-refractivity contribution in [2.24, 2.45) is 0 Å². The first-order valence-electron chi connectivity index (χ1n) is 3.98. The third-order valence-corrected chi connectivity index (χ3v) is 2.38. The number of alkyl halides is 2. The highest BCUT2D eigenvalue weighted by atomic mass is 79.9. The van der Waals surface area contributed by atoms with Gasteiger partial charge in [-0.1, -0.05) is 0 Å². The molecule has 1 rings (SSSR count). The van der Waals surface area contributed by atoms with Gasteiger partial charge >= 0.3 is 0 Å². The van der Waals surface area contributed by atoms with Gasteiger partial charge in [-0.05, 0) is 22.0 Å². The number of halogens is 3. The maximum Gasteiger partial charge on any atom is 0.266 e. The van der Waals surface area contributed by atoms with Crippen LogP contribution in [0.4, 0.5) is 8.78 Å². The average Bonchev–Trinajstić information content (AvgIpc) is 2.18. The Bertz CT molecular complexity index is 404. The van der Waals surface area contributed by atoms with E-state index in [0.29, 0.717) is 5.69 Å². The molecule has 0 N–H and O–H groups in total. The van der Waals surface area contributed by atoms with E-state index in [9.17, 15) is 8.78 Å². The molecule has 0 bridgehead atoms. The number of nitriles is 1. The molecule has 0 atom stereocenters. The zero-order valence-corrected chi connectivity index (χ0v) is 9.38. The molecule has 0 fully saturated rings. The summed E-state index contributed by atoms with van der Waals surface area (Å²) in [6.45, 7) is 0. The lowest BCUT2D eigenvalue weighted by Gasteiger charge is -2.09. The first-order chi connectivity index (χ1) is 7.10. The van der Waals surface area contributed by atoms with E-state index in [0.717, 1.165) is 0 Å². The zero-order chi connectivity index (χ0) is 11.4. The number of hydrogen-bond acceptors (Lipinski definition) is 3. The Morgan fingerprint density at radius 3 is 2.80 bits per heavy atom. The van der Waals surface area contributed by atoms with Crippen molar-refractivity contribution in [1.82, 2.24) is 4.98 Å². The van der Waals surface area contributed by atoms with Gasteiger partial charge in [-0.3, -0.25) is 0 Å². The van der Waals surface area contributed by atoms with Crippen LogP contribution in [-0.4, -0.2) is 12.1 Å². The van der Waals surface area contributed by atoms with Crippen molar-refractivity contribution in [3.8, 4) is 11.8 Å². The molecule has 1 aromatic rings. The molecular weight excluding hydrogens is 270 g/mol. The third kappa shape index (κ3) is 2.63. The number of ether oxygens (including phenoxy) is 1. The summed E-state index contributed by atoms with van der Waals surface area (Å²) in [7, 11) is 1.35. The largest absolute Gasteiger partial charge is 0.495 e. The van der Waals surface area contributed by atoms with Crippen molar-refractivity contribution < 1.29 is 13.5 Å². The van der Waals surface area contributed by atoms with Gasteiger partial charge in [0.1, 0.15) is 10.4 Å². The van der Waals surface area contributed by atoms with E-state index < -0.39 is 6.43 Å². The van der Waals surface area contributed by atoms with Crippen molar-refractivity contribution >= 4 is 15.9 Å². The van der Waals surface area contributed by atoms with Gasteiger partial charge in [0.2, 0.25) is 0 Å². The first-order valence-corrected chi connectivity index (χ1v) is 4.77. The van der Waals surface area contributed by atoms with Crippen molar-refractivity contribution in [2.45, 2.75) is 12.8 Å². The molecule has 3 nitrogen and oxygen atoms in total. The van der Waals surface area contributed by atoms with Gasteiger partial charge < -0.3 is 4.74 Å². The van der Waals surface area contributed by atoms with E-state index in [1.165, 1.54) is 13.2 Å². The number of methoxy groups -OCH3 is 1. The Balaban J connectivity index is 3.24. The zero-order valence-electron chi connectivity index (χ0n) is 7.80. The van der Waals surface area contributed by atoms with Gasteiger partial charge in [-0.15, -0.1) is 0 Å². The van der Waals surface area contributed by atoms with Crippen molar-refractivity contribution in [3.63, 3.8) is 0 Å². The second-order valence-electron chi connectivity index (χ2n) is 2.65. The summed E-state index contributed by atoms with van der Waals surface area (Å²) in [5.74, 6) is 0.204. The summed E-state index contributed by atoms with van der Waals surface area (Å²) < 4.78 is 29.9. The van der Waals surface area contributed by atoms with Crippen LogP contribution in [0.1, 0.15) is 17.7 Å². The maximum absolute atomic E-state index is 12.5. The SMILES string of the molecule is COc1cc(C(F)F)c(Br)nc1CC#N. The van der Waals surface area contributed by atoms with Crippen LogP contribution in [0.3, 0.4) is 0 Å². The lowest BCUT2D eigenvalue weighted by molar-refractivity contribution is 0.149. The minimum atomic E-state index is -2.63. The minimum Gasteiger partial charge on any atom is -0.495 e. The smallest absolute Gasteiger partial charge is 0.266 e. The molecule has 0 radical (unpaired) electrons. The molecular formula is C9H7BrF2N2O. The number of aromatic nitrogens is 1. The molecule has 80 valence electrons. The molecule has 0 aliphatic carbocycles. The molecule has 0 saturated heterocycles. The van der Waals surface area contributed by atoms with E-state index >= 15 is 0 Å². The highest BCUT2D eigenvalue weighted by Gasteiger charge is 2.17. The number of rotatable bonds is 3. The third-order valence-electron chi connectivity index (χ3n) is 1.74. The summed E-state index contributed by atoms with van der Waals surface area (Å²) in [5, 5.41) is 8.50. The van der Waals surface area contributed by atoms with Crippen LogP contribution in [0.2, 0.25) is 0 Å². The molecule has 6 heteroatoms. The Morgan fingerprint density at radius 1 is 1.67 bits per heavy atom. The molecule has 0 aromatic carbocycles. The molecule has 1 heterocycles. The molecule has 0 amide bonds. The van der Waals surface area contributed by atoms with Crippen LogP contribution in [0.25, 0.3) is 0 Å². The predicted octanol–water partition coefficient (Wildman–Crippen LogP) is 2.86. The van der Waals surface area contributed by atoms with Crippen molar-refractivity contribution in [3.05, 3.63) is 21.9 Å². The van der Waals surface area contributed by atoms with Crippen LogP contribution in [0.5, 0.6) is 5.75 Å².